The zero-order valence-corrected chi connectivity index (χ0v) is 13.1. The maximum Gasteiger partial charge on any atom is 0.0833 e. The molecule has 0 bridgehead atoms. The molecule has 0 radical (unpaired) electrons. The van der Waals surface area contributed by atoms with E-state index >= 15 is 0 Å². The first-order valence-electron chi connectivity index (χ1n) is 7.70. The zero-order valence-electron chi connectivity index (χ0n) is 13.1. The largest absolute Gasteiger partial charge is 0.273 e. The molecule has 1 atom stereocenters. The summed E-state index contributed by atoms with van der Waals surface area (Å²) in [4.78, 5) is 0. The van der Waals surface area contributed by atoms with Gasteiger partial charge in [-0.15, -0.1) is 5.10 Å². The van der Waals surface area contributed by atoms with Crippen molar-refractivity contribution >= 4 is 0 Å². The fraction of sp³-hybridized carbons (Fsp3) is 0.353. The summed E-state index contributed by atoms with van der Waals surface area (Å²) in [5.74, 6) is 0.439. The maximum atomic E-state index is 4.29. The Kier molecular flexibility index (Phi) is 4.32. The van der Waals surface area contributed by atoms with Crippen molar-refractivity contribution in [3.63, 3.8) is 0 Å². The van der Waals surface area contributed by atoms with Crippen LogP contribution in [-0.4, -0.2) is 24.8 Å². The molecule has 0 saturated carbocycles. The Hall–Kier alpha value is -2.43. The van der Waals surface area contributed by atoms with Gasteiger partial charge in [0, 0.05) is 24.5 Å². The molecule has 0 amide bonds. The monoisotopic (exact) mass is 295 g/mol. The minimum absolute atomic E-state index is 0.439. The highest BCUT2D eigenvalue weighted by Crippen LogP contribution is 2.18. The van der Waals surface area contributed by atoms with E-state index in [2.05, 4.69) is 53.5 Å². The molecular weight excluding hydrogens is 274 g/mol. The van der Waals surface area contributed by atoms with Gasteiger partial charge in [0.25, 0.3) is 0 Å². The van der Waals surface area contributed by atoms with Crippen LogP contribution in [-0.2, 0) is 19.5 Å². The maximum absolute atomic E-state index is 4.29. The molecule has 0 aliphatic heterocycles. The molecule has 0 fully saturated rings. The third-order valence-electron chi connectivity index (χ3n) is 3.83. The molecule has 0 aliphatic rings. The van der Waals surface area contributed by atoms with Crippen molar-refractivity contribution in [3.05, 3.63) is 65.7 Å². The second-order valence-corrected chi connectivity index (χ2v) is 5.63. The number of hydrogen-bond donors (Lipinski definition) is 0. The summed E-state index contributed by atoms with van der Waals surface area (Å²) in [6.45, 7) is 5.90. The van der Waals surface area contributed by atoms with Crippen molar-refractivity contribution in [2.75, 3.05) is 0 Å². The van der Waals surface area contributed by atoms with Crippen LogP contribution in [0.5, 0.6) is 0 Å². The molecule has 0 spiro atoms. The average molecular weight is 295 g/mol. The van der Waals surface area contributed by atoms with Crippen molar-refractivity contribution in [1.82, 2.24) is 24.8 Å². The number of hydrogen-bond acceptors (Lipinski definition) is 3. The first-order valence-corrected chi connectivity index (χ1v) is 7.70. The van der Waals surface area contributed by atoms with E-state index in [1.54, 1.807) is 0 Å². The summed E-state index contributed by atoms with van der Waals surface area (Å²) in [5, 5.41) is 12.8. The molecule has 5 nitrogen and oxygen atoms in total. The summed E-state index contributed by atoms with van der Waals surface area (Å²) in [6.07, 6.45) is 6.87. The second-order valence-electron chi connectivity index (χ2n) is 5.63. The van der Waals surface area contributed by atoms with Crippen LogP contribution in [0.4, 0.5) is 0 Å². The molecule has 0 saturated heterocycles. The van der Waals surface area contributed by atoms with E-state index in [0.717, 1.165) is 24.2 Å². The Morgan fingerprint density at radius 2 is 1.91 bits per heavy atom. The molecule has 0 unspecified atom stereocenters. The summed E-state index contributed by atoms with van der Waals surface area (Å²) in [7, 11) is 0. The van der Waals surface area contributed by atoms with E-state index in [0.29, 0.717) is 12.5 Å². The molecule has 0 N–H and O–H groups in total. The van der Waals surface area contributed by atoms with Crippen molar-refractivity contribution in [2.24, 2.45) is 0 Å². The first-order chi connectivity index (χ1) is 10.7. The smallest absolute Gasteiger partial charge is 0.0833 e. The zero-order chi connectivity index (χ0) is 15.4. The summed E-state index contributed by atoms with van der Waals surface area (Å²) in [6, 6.07) is 10.5. The number of rotatable bonds is 6. The van der Waals surface area contributed by atoms with Gasteiger partial charge in [-0.05, 0) is 24.8 Å². The fourth-order valence-corrected chi connectivity index (χ4v) is 2.57. The van der Waals surface area contributed by atoms with Crippen molar-refractivity contribution in [2.45, 2.75) is 39.3 Å². The fourth-order valence-electron chi connectivity index (χ4n) is 2.57. The van der Waals surface area contributed by atoms with Gasteiger partial charge in [0.05, 0.1) is 18.4 Å². The number of aromatic nitrogens is 5. The van der Waals surface area contributed by atoms with Gasteiger partial charge in [0.2, 0.25) is 0 Å². The Balaban J connectivity index is 1.63. The Morgan fingerprint density at radius 1 is 1.09 bits per heavy atom. The Morgan fingerprint density at radius 3 is 2.64 bits per heavy atom. The lowest BCUT2D eigenvalue weighted by Gasteiger charge is -2.09. The van der Waals surface area contributed by atoms with Crippen molar-refractivity contribution < 1.29 is 0 Å². The molecule has 2 heterocycles. The van der Waals surface area contributed by atoms with Gasteiger partial charge in [-0.1, -0.05) is 42.5 Å². The first kappa shape index (κ1) is 14.5. The van der Waals surface area contributed by atoms with E-state index < -0.39 is 0 Å². The quantitative estimate of drug-likeness (QED) is 0.702. The standard InChI is InChI=1S/C17H21N5/c1-3-21-11-15(10-18-21)12-22-13-17(19-20-22)9-14(2)16-7-5-4-6-8-16/h4-8,10-11,13-14H,3,9,12H2,1-2H3/t14-/m1/s1. The minimum Gasteiger partial charge on any atom is -0.273 e. The second kappa shape index (κ2) is 6.56. The van der Waals surface area contributed by atoms with Crippen LogP contribution in [0.3, 0.4) is 0 Å². The molecule has 3 aromatic rings. The predicted octanol–water partition coefficient (Wildman–Crippen LogP) is 2.89. The lowest BCUT2D eigenvalue weighted by Crippen LogP contribution is -2.00. The molecule has 3 rings (SSSR count). The lowest BCUT2D eigenvalue weighted by molar-refractivity contribution is 0.641. The average Bonchev–Trinajstić information content (AvgIpc) is 3.18. The Bertz CT molecular complexity index is 713. The molecule has 2 aromatic heterocycles. The summed E-state index contributed by atoms with van der Waals surface area (Å²) >= 11 is 0. The van der Waals surface area contributed by atoms with Crippen LogP contribution >= 0.6 is 0 Å². The van der Waals surface area contributed by atoms with Gasteiger partial charge in [0.15, 0.2) is 0 Å². The molecule has 22 heavy (non-hydrogen) atoms. The molecule has 114 valence electrons. The van der Waals surface area contributed by atoms with Gasteiger partial charge in [-0.2, -0.15) is 5.10 Å². The lowest BCUT2D eigenvalue weighted by atomic mass is 9.97. The highest BCUT2D eigenvalue weighted by Gasteiger charge is 2.10. The van der Waals surface area contributed by atoms with Gasteiger partial charge >= 0.3 is 0 Å². The van der Waals surface area contributed by atoms with Gasteiger partial charge in [-0.3, -0.25) is 4.68 Å². The molecular formula is C17H21N5. The van der Waals surface area contributed by atoms with Gasteiger partial charge < -0.3 is 0 Å². The summed E-state index contributed by atoms with van der Waals surface area (Å²) < 4.78 is 3.80. The third-order valence-corrected chi connectivity index (χ3v) is 3.83. The van der Waals surface area contributed by atoms with Crippen LogP contribution in [0.2, 0.25) is 0 Å². The summed E-state index contributed by atoms with van der Waals surface area (Å²) in [5.41, 5.74) is 3.51. The number of nitrogens with zero attached hydrogens (tertiary/aromatic N) is 5. The normalized spacial score (nSPS) is 12.5. The van der Waals surface area contributed by atoms with Crippen LogP contribution in [0.1, 0.15) is 36.6 Å². The minimum atomic E-state index is 0.439. The Labute approximate surface area is 130 Å². The topological polar surface area (TPSA) is 48.5 Å². The van der Waals surface area contributed by atoms with Crippen molar-refractivity contribution in [3.8, 4) is 0 Å². The van der Waals surface area contributed by atoms with E-state index in [1.807, 2.05) is 34.0 Å². The highest BCUT2D eigenvalue weighted by molar-refractivity contribution is 5.20. The van der Waals surface area contributed by atoms with Gasteiger partial charge in [0.1, 0.15) is 0 Å². The van der Waals surface area contributed by atoms with Crippen LogP contribution in [0, 0.1) is 0 Å². The van der Waals surface area contributed by atoms with Crippen LogP contribution < -0.4 is 0 Å². The molecule has 1 aromatic carbocycles. The predicted molar refractivity (Wildman–Crippen MR) is 85.6 cm³/mol. The molecule has 5 heteroatoms. The van der Waals surface area contributed by atoms with E-state index in [1.165, 1.54) is 5.56 Å². The van der Waals surface area contributed by atoms with Crippen LogP contribution in [0.25, 0.3) is 0 Å². The van der Waals surface area contributed by atoms with E-state index in [4.69, 9.17) is 0 Å². The number of benzene rings is 1. The van der Waals surface area contributed by atoms with E-state index in [-0.39, 0.29) is 0 Å². The molecule has 0 aliphatic carbocycles. The van der Waals surface area contributed by atoms with Crippen LogP contribution in [0.15, 0.2) is 48.9 Å². The third kappa shape index (κ3) is 3.42. The van der Waals surface area contributed by atoms with Gasteiger partial charge in [-0.25, -0.2) is 4.68 Å². The highest BCUT2D eigenvalue weighted by atomic mass is 15.4. The van der Waals surface area contributed by atoms with Crippen molar-refractivity contribution in [1.29, 1.82) is 0 Å². The SMILES string of the molecule is CCn1cc(Cn2cc(C[C@@H](C)c3ccccc3)nn2)cn1. The van der Waals surface area contributed by atoms with E-state index in [9.17, 15) is 0 Å². The number of aryl methyl sites for hydroxylation is 1.